The number of hydrogen-bond donors (Lipinski definition) is 2. The van der Waals surface area contributed by atoms with E-state index in [0.717, 1.165) is 5.56 Å². The molecule has 0 spiro atoms. The van der Waals surface area contributed by atoms with Crippen LogP contribution in [0.25, 0.3) is 0 Å². The highest BCUT2D eigenvalue weighted by atomic mass is 16.6. The van der Waals surface area contributed by atoms with Crippen molar-refractivity contribution in [2.75, 3.05) is 19.0 Å². The van der Waals surface area contributed by atoms with E-state index in [2.05, 4.69) is 10.6 Å². The van der Waals surface area contributed by atoms with E-state index >= 15 is 0 Å². The number of anilines is 1. The van der Waals surface area contributed by atoms with E-state index in [4.69, 9.17) is 4.74 Å². The van der Waals surface area contributed by atoms with Crippen LogP contribution >= 0.6 is 0 Å². The summed E-state index contributed by atoms with van der Waals surface area (Å²) >= 11 is 0. The summed E-state index contributed by atoms with van der Waals surface area (Å²) in [6.45, 7) is 3.79. The molecule has 1 amide bonds. The molecule has 0 unspecified atom stereocenters. The zero-order valence-corrected chi connectivity index (χ0v) is 14.4. The Morgan fingerprint density at radius 1 is 1.28 bits per heavy atom. The molecule has 1 atom stereocenters. The normalized spacial score (nSPS) is 11.6. The first-order valence-electron chi connectivity index (χ1n) is 7.83. The molecule has 0 radical (unpaired) electrons. The standard InChI is InChI=1S/C18H21N3O4/c1-12-9-16(21(23)24)17(25-3)10-15(12)20-18(22)11-19-13(2)14-7-5-4-6-8-14/h4-10,13,19H,11H2,1-3H3,(H,20,22)/t13-/m0/s1. The van der Waals surface area contributed by atoms with Gasteiger partial charge >= 0.3 is 5.69 Å². The largest absolute Gasteiger partial charge is 0.490 e. The lowest BCUT2D eigenvalue weighted by Gasteiger charge is -2.15. The number of nitro benzene ring substituents is 1. The molecule has 2 aromatic carbocycles. The molecule has 0 aliphatic heterocycles. The maximum Gasteiger partial charge on any atom is 0.311 e. The van der Waals surface area contributed by atoms with Crippen LogP contribution in [0.1, 0.15) is 24.1 Å². The van der Waals surface area contributed by atoms with Crippen LogP contribution in [-0.4, -0.2) is 24.5 Å². The lowest BCUT2D eigenvalue weighted by molar-refractivity contribution is -0.385. The van der Waals surface area contributed by atoms with Gasteiger partial charge in [0.25, 0.3) is 0 Å². The van der Waals surface area contributed by atoms with Gasteiger partial charge in [0.2, 0.25) is 5.91 Å². The van der Waals surface area contributed by atoms with Crippen molar-refractivity contribution in [1.82, 2.24) is 5.32 Å². The number of hydrogen-bond acceptors (Lipinski definition) is 5. The molecule has 0 bridgehead atoms. The third-order valence-corrected chi connectivity index (χ3v) is 3.87. The fraction of sp³-hybridized carbons (Fsp3) is 0.278. The first-order valence-corrected chi connectivity index (χ1v) is 7.83. The van der Waals surface area contributed by atoms with E-state index in [0.29, 0.717) is 11.3 Å². The highest BCUT2D eigenvalue weighted by molar-refractivity contribution is 5.93. The molecule has 7 nitrogen and oxygen atoms in total. The molecule has 2 aromatic rings. The summed E-state index contributed by atoms with van der Waals surface area (Å²) in [6, 6.07) is 12.7. The average Bonchev–Trinajstić information content (AvgIpc) is 2.61. The minimum atomic E-state index is -0.513. The first-order chi connectivity index (χ1) is 11.9. The van der Waals surface area contributed by atoms with Crippen LogP contribution in [0.15, 0.2) is 42.5 Å². The number of aryl methyl sites for hydroxylation is 1. The summed E-state index contributed by atoms with van der Waals surface area (Å²) in [5.41, 5.74) is 2.04. The van der Waals surface area contributed by atoms with E-state index in [1.165, 1.54) is 19.2 Å². The van der Waals surface area contributed by atoms with Gasteiger partial charge in [0, 0.05) is 23.9 Å². The average molecular weight is 343 g/mol. The van der Waals surface area contributed by atoms with Crippen molar-refractivity contribution in [1.29, 1.82) is 0 Å². The molecule has 0 aliphatic carbocycles. The number of nitrogens with zero attached hydrogens (tertiary/aromatic N) is 1. The second kappa shape index (κ2) is 8.25. The molecule has 2 N–H and O–H groups in total. The third-order valence-electron chi connectivity index (χ3n) is 3.87. The van der Waals surface area contributed by atoms with Gasteiger partial charge in [-0.25, -0.2) is 0 Å². The molecule has 0 saturated carbocycles. The number of benzene rings is 2. The molecular formula is C18H21N3O4. The van der Waals surface area contributed by atoms with Crippen molar-refractivity contribution in [3.05, 3.63) is 63.7 Å². The number of methoxy groups -OCH3 is 1. The lowest BCUT2D eigenvalue weighted by atomic mass is 10.1. The minimum Gasteiger partial charge on any atom is -0.490 e. The van der Waals surface area contributed by atoms with E-state index in [1.54, 1.807) is 6.92 Å². The molecule has 0 heterocycles. The van der Waals surface area contributed by atoms with Crippen molar-refractivity contribution < 1.29 is 14.5 Å². The summed E-state index contributed by atoms with van der Waals surface area (Å²) in [5, 5.41) is 16.9. The maximum atomic E-state index is 12.2. The topological polar surface area (TPSA) is 93.5 Å². The first kappa shape index (κ1) is 18.4. The number of rotatable bonds is 7. The van der Waals surface area contributed by atoms with Crippen LogP contribution < -0.4 is 15.4 Å². The summed E-state index contributed by atoms with van der Waals surface area (Å²) in [5.74, 6) is -0.127. The van der Waals surface area contributed by atoms with Gasteiger partial charge in [-0.15, -0.1) is 0 Å². The fourth-order valence-electron chi connectivity index (χ4n) is 2.41. The molecule has 2 rings (SSSR count). The predicted molar refractivity (Wildman–Crippen MR) is 95.9 cm³/mol. The number of ether oxygens (including phenoxy) is 1. The van der Waals surface area contributed by atoms with Gasteiger partial charge in [-0.2, -0.15) is 0 Å². The highest BCUT2D eigenvalue weighted by Crippen LogP contribution is 2.32. The van der Waals surface area contributed by atoms with Crippen molar-refractivity contribution in [3.8, 4) is 5.75 Å². The van der Waals surface area contributed by atoms with Crippen LogP contribution in [0.5, 0.6) is 5.75 Å². The molecule has 0 saturated heterocycles. The summed E-state index contributed by atoms with van der Waals surface area (Å²) in [7, 11) is 1.35. The summed E-state index contributed by atoms with van der Waals surface area (Å²) < 4.78 is 5.03. The zero-order chi connectivity index (χ0) is 18.4. The number of nitrogens with one attached hydrogen (secondary N) is 2. The smallest absolute Gasteiger partial charge is 0.311 e. The Kier molecular flexibility index (Phi) is 6.08. The van der Waals surface area contributed by atoms with E-state index in [9.17, 15) is 14.9 Å². The highest BCUT2D eigenvalue weighted by Gasteiger charge is 2.18. The third kappa shape index (κ3) is 4.77. The Balaban J connectivity index is 2.02. The fourth-order valence-corrected chi connectivity index (χ4v) is 2.41. The van der Waals surface area contributed by atoms with Crippen molar-refractivity contribution in [3.63, 3.8) is 0 Å². The van der Waals surface area contributed by atoms with Crippen LogP contribution in [-0.2, 0) is 4.79 Å². The van der Waals surface area contributed by atoms with Gasteiger partial charge in [-0.3, -0.25) is 14.9 Å². The van der Waals surface area contributed by atoms with Gasteiger partial charge in [-0.05, 0) is 25.0 Å². The van der Waals surface area contributed by atoms with Crippen LogP contribution in [0, 0.1) is 17.0 Å². The molecule has 132 valence electrons. The minimum absolute atomic E-state index is 0.0273. The number of carbonyl (C=O) groups is 1. The molecule has 7 heteroatoms. The maximum absolute atomic E-state index is 12.2. The quantitative estimate of drug-likeness (QED) is 0.595. The van der Waals surface area contributed by atoms with Crippen LogP contribution in [0.4, 0.5) is 11.4 Å². The summed E-state index contributed by atoms with van der Waals surface area (Å²) in [4.78, 5) is 22.7. The van der Waals surface area contributed by atoms with Gasteiger partial charge in [0.1, 0.15) is 0 Å². The van der Waals surface area contributed by atoms with Crippen LogP contribution in [0.2, 0.25) is 0 Å². The van der Waals surface area contributed by atoms with Gasteiger partial charge in [0.05, 0.1) is 18.6 Å². The molecule has 25 heavy (non-hydrogen) atoms. The Morgan fingerprint density at radius 3 is 2.56 bits per heavy atom. The molecule has 0 aliphatic rings. The Labute approximate surface area is 146 Å². The van der Waals surface area contributed by atoms with E-state index < -0.39 is 4.92 Å². The molecule has 0 fully saturated rings. The number of amides is 1. The van der Waals surface area contributed by atoms with Crippen molar-refractivity contribution in [2.24, 2.45) is 0 Å². The second-order valence-electron chi connectivity index (χ2n) is 5.66. The Bertz CT molecular complexity index is 762. The molecule has 0 aromatic heterocycles. The van der Waals surface area contributed by atoms with Crippen LogP contribution in [0.3, 0.4) is 0 Å². The van der Waals surface area contributed by atoms with E-state index in [-0.39, 0.29) is 29.9 Å². The number of nitro groups is 1. The Hall–Kier alpha value is -2.93. The van der Waals surface area contributed by atoms with Crippen molar-refractivity contribution >= 4 is 17.3 Å². The van der Waals surface area contributed by atoms with Gasteiger partial charge in [-0.1, -0.05) is 30.3 Å². The lowest BCUT2D eigenvalue weighted by Crippen LogP contribution is -2.30. The monoisotopic (exact) mass is 343 g/mol. The summed E-state index contributed by atoms with van der Waals surface area (Å²) in [6.07, 6.45) is 0. The Morgan fingerprint density at radius 2 is 1.96 bits per heavy atom. The predicted octanol–water partition coefficient (Wildman–Crippen LogP) is 3.20. The van der Waals surface area contributed by atoms with Gasteiger partial charge < -0.3 is 15.4 Å². The van der Waals surface area contributed by atoms with E-state index in [1.807, 2.05) is 37.3 Å². The second-order valence-corrected chi connectivity index (χ2v) is 5.66. The SMILES string of the molecule is COc1cc(NC(=O)CN[C@@H](C)c2ccccc2)c(C)cc1[N+](=O)[O-]. The number of carbonyl (C=O) groups excluding carboxylic acids is 1. The van der Waals surface area contributed by atoms with Gasteiger partial charge in [0.15, 0.2) is 5.75 Å². The molecular weight excluding hydrogens is 322 g/mol. The zero-order valence-electron chi connectivity index (χ0n) is 14.4. The van der Waals surface area contributed by atoms with Crippen molar-refractivity contribution in [2.45, 2.75) is 19.9 Å².